The summed E-state index contributed by atoms with van der Waals surface area (Å²) >= 11 is 1.83. The summed E-state index contributed by atoms with van der Waals surface area (Å²) in [6.07, 6.45) is 3.80. The van der Waals surface area contributed by atoms with Crippen LogP contribution in [0.4, 0.5) is 0 Å². The first-order chi connectivity index (χ1) is 8.83. The van der Waals surface area contributed by atoms with Crippen molar-refractivity contribution in [1.29, 1.82) is 0 Å². The Morgan fingerprint density at radius 2 is 2.06 bits per heavy atom. The smallest absolute Gasteiger partial charge is 0.0904 e. The molecule has 0 aliphatic heterocycles. The van der Waals surface area contributed by atoms with Crippen molar-refractivity contribution in [3.63, 3.8) is 0 Å². The SMILES string of the molecule is Cc1nc(-c2ccccc2)c(CCNC2CC2)s1. The first-order valence-corrected chi connectivity index (χ1v) is 7.39. The van der Waals surface area contributed by atoms with Gasteiger partial charge in [0.15, 0.2) is 0 Å². The molecular weight excluding hydrogens is 240 g/mol. The van der Waals surface area contributed by atoms with Crippen molar-refractivity contribution >= 4 is 11.3 Å². The van der Waals surface area contributed by atoms with E-state index in [0.717, 1.165) is 24.0 Å². The maximum Gasteiger partial charge on any atom is 0.0904 e. The molecule has 0 unspecified atom stereocenters. The van der Waals surface area contributed by atoms with Gasteiger partial charge >= 0.3 is 0 Å². The van der Waals surface area contributed by atoms with Gasteiger partial charge < -0.3 is 5.32 Å². The minimum absolute atomic E-state index is 0.791. The average Bonchev–Trinajstić information content (AvgIpc) is 3.13. The monoisotopic (exact) mass is 258 g/mol. The largest absolute Gasteiger partial charge is 0.314 e. The Bertz CT molecular complexity index is 515. The Hall–Kier alpha value is -1.19. The number of thiazole rings is 1. The Kier molecular flexibility index (Phi) is 3.43. The number of aromatic nitrogens is 1. The number of hydrogen-bond acceptors (Lipinski definition) is 3. The lowest BCUT2D eigenvalue weighted by molar-refractivity contribution is 0.685. The molecule has 1 aliphatic carbocycles. The Morgan fingerprint density at radius 1 is 1.28 bits per heavy atom. The van der Waals surface area contributed by atoms with Gasteiger partial charge in [-0.25, -0.2) is 4.98 Å². The van der Waals surface area contributed by atoms with Gasteiger partial charge in [0.25, 0.3) is 0 Å². The van der Waals surface area contributed by atoms with Crippen LogP contribution in [0.3, 0.4) is 0 Å². The third kappa shape index (κ3) is 2.79. The minimum atomic E-state index is 0.791. The lowest BCUT2D eigenvalue weighted by atomic mass is 10.1. The highest BCUT2D eigenvalue weighted by Crippen LogP contribution is 2.28. The van der Waals surface area contributed by atoms with Crippen molar-refractivity contribution in [3.8, 4) is 11.3 Å². The Morgan fingerprint density at radius 3 is 2.78 bits per heavy atom. The summed E-state index contributed by atoms with van der Waals surface area (Å²) in [7, 11) is 0. The number of nitrogens with zero attached hydrogens (tertiary/aromatic N) is 1. The van der Waals surface area contributed by atoms with Crippen molar-refractivity contribution in [2.45, 2.75) is 32.2 Å². The molecule has 0 saturated heterocycles. The summed E-state index contributed by atoms with van der Waals surface area (Å²) in [6, 6.07) is 11.3. The fourth-order valence-electron chi connectivity index (χ4n) is 2.14. The highest BCUT2D eigenvalue weighted by atomic mass is 32.1. The summed E-state index contributed by atoms with van der Waals surface area (Å²) in [5, 5.41) is 4.73. The molecule has 0 amide bonds. The van der Waals surface area contributed by atoms with Crippen LogP contribution in [0.15, 0.2) is 30.3 Å². The van der Waals surface area contributed by atoms with Crippen LogP contribution in [0.1, 0.15) is 22.7 Å². The molecule has 1 fully saturated rings. The summed E-state index contributed by atoms with van der Waals surface area (Å²) in [5.41, 5.74) is 2.42. The maximum absolute atomic E-state index is 4.69. The Labute approximate surface area is 112 Å². The van der Waals surface area contributed by atoms with E-state index >= 15 is 0 Å². The van der Waals surface area contributed by atoms with E-state index in [4.69, 9.17) is 0 Å². The van der Waals surface area contributed by atoms with Crippen molar-refractivity contribution in [2.75, 3.05) is 6.54 Å². The van der Waals surface area contributed by atoms with Gasteiger partial charge in [0.1, 0.15) is 0 Å². The van der Waals surface area contributed by atoms with Crippen molar-refractivity contribution in [1.82, 2.24) is 10.3 Å². The highest BCUT2D eigenvalue weighted by Gasteiger charge is 2.20. The summed E-state index contributed by atoms with van der Waals surface area (Å²) in [4.78, 5) is 6.09. The van der Waals surface area contributed by atoms with Crippen LogP contribution in [0.2, 0.25) is 0 Å². The lowest BCUT2D eigenvalue weighted by Crippen LogP contribution is -2.19. The van der Waals surface area contributed by atoms with Gasteiger partial charge in [-0.3, -0.25) is 0 Å². The molecule has 0 atom stereocenters. The fourth-order valence-corrected chi connectivity index (χ4v) is 3.10. The highest BCUT2D eigenvalue weighted by molar-refractivity contribution is 7.12. The number of hydrogen-bond donors (Lipinski definition) is 1. The van der Waals surface area contributed by atoms with Crippen LogP contribution in [0.25, 0.3) is 11.3 Å². The standard InChI is InChI=1S/C15H18N2S/c1-11-17-15(12-5-3-2-4-6-12)14(18-11)9-10-16-13-7-8-13/h2-6,13,16H,7-10H2,1H3. The molecule has 3 rings (SSSR count). The molecule has 2 aromatic rings. The molecule has 0 spiro atoms. The molecule has 2 nitrogen and oxygen atoms in total. The number of rotatable bonds is 5. The zero-order valence-electron chi connectivity index (χ0n) is 10.6. The predicted molar refractivity (Wildman–Crippen MR) is 77.0 cm³/mol. The van der Waals surface area contributed by atoms with E-state index in [1.165, 1.54) is 29.0 Å². The molecule has 0 radical (unpaired) electrons. The van der Waals surface area contributed by atoms with E-state index in [0.29, 0.717) is 0 Å². The van der Waals surface area contributed by atoms with Gasteiger partial charge in [-0.15, -0.1) is 11.3 Å². The van der Waals surface area contributed by atoms with Crippen LogP contribution in [0.5, 0.6) is 0 Å². The number of aryl methyl sites for hydroxylation is 1. The average molecular weight is 258 g/mol. The van der Waals surface area contributed by atoms with E-state index in [1.54, 1.807) is 0 Å². The van der Waals surface area contributed by atoms with E-state index < -0.39 is 0 Å². The topological polar surface area (TPSA) is 24.9 Å². The first kappa shape index (κ1) is 11.9. The third-order valence-corrected chi connectivity index (χ3v) is 4.24. The van der Waals surface area contributed by atoms with Crippen molar-refractivity contribution < 1.29 is 0 Å². The molecular formula is C15H18N2S. The molecule has 94 valence electrons. The minimum Gasteiger partial charge on any atom is -0.314 e. The zero-order chi connectivity index (χ0) is 12.4. The zero-order valence-corrected chi connectivity index (χ0v) is 11.5. The van der Waals surface area contributed by atoms with E-state index in [9.17, 15) is 0 Å². The second kappa shape index (κ2) is 5.21. The van der Waals surface area contributed by atoms with Crippen LogP contribution in [0, 0.1) is 6.92 Å². The van der Waals surface area contributed by atoms with Gasteiger partial charge in [-0.2, -0.15) is 0 Å². The van der Waals surface area contributed by atoms with E-state index in [1.807, 2.05) is 11.3 Å². The third-order valence-electron chi connectivity index (χ3n) is 3.21. The molecule has 1 aromatic carbocycles. The van der Waals surface area contributed by atoms with Gasteiger partial charge in [-0.05, 0) is 26.2 Å². The predicted octanol–water partition coefficient (Wildman–Crippen LogP) is 3.41. The summed E-state index contributed by atoms with van der Waals surface area (Å²) in [5.74, 6) is 0. The molecule has 0 bridgehead atoms. The van der Waals surface area contributed by atoms with Gasteiger partial charge in [0, 0.05) is 23.0 Å². The van der Waals surface area contributed by atoms with Crippen molar-refractivity contribution in [2.24, 2.45) is 0 Å². The molecule has 18 heavy (non-hydrogen) atoms. The fraction of sp³-hybridized carbons (Fsp3) is 0.400. The number of benzene rings is 1. The molecule has 1 aromatic heterocycles. The summed E-state index contributed by atoms with van der Waals surface area (Å²) < 4.78 is 0. The van der Waals surface area contributed by atoms with Crippen LogP contribution in [-0.4, -0.2) is 17.6 Å². The first-order valence-electron chi connectivity index (χ1n) is 6.58. The van der Waals surface area contributed by atoms with Crippen LogP contribution in [-0.2, 0) is 6.42 Å². The lowest BCUT2D eigenvalue weighted by Gasteiger charge is -2.03. The normalized spacial score (nSPS) is 14.9. The molecule has 3 heteroatoms. The quantitative estimate of drug-likeness (QED) is 0.889. The summed E-state index contributed by atoms with van der Waals surface area (Å²) in [6.45, 7) is 3.17. The maximum atomic E-state index is 4.69. The molecule has 1 saturated carbocycles. The van der Waals surface area contributed by atoms with Gasteiger partial charge in [0.05, 0.1) is 10.7 Å². The second-order valence-corrected chi connectivity index (χ2v) is 6.14. The van der Waals surface area contributed by atoms with E-state index in [-0.39, 0.29) is 0 Å². The van der Waals surface area contributed by atoms with Crippen molar-refractivity contribution in [3.05, 3.63) is 40.2 Å². The molecule has 1 N–H and O–H groups in total. The van der Waals surface area contributed by atoms with Gasteiger partial charge in [0.2, 0.25) is 0 Å². The van der Waals surface area contributed by atoms with Gasteiger partial charge in [-0.1, -0.05) is 30.3 Å². The van der Waals surface area contributed by atoms with E-state index in [2.05, 4.69) is 47.6 Å². The van der Waals surface area contributed by atoms with Crippen LogP contribution < -0.4 is 5.32 Å². The number of nitrogens with one attached hydrogen (secondary N) is 1. The molecule has 1 aliphatic rings. The van der Waals surface area contributed by atoms with Crippen LogP contribution >= 0.6 is 11.3 Å². The second-order valence-electron chi connectivity index (χ2n) is 4.85. The Balaban J connectivity index is 1.76. The molecule has 1 heterocycles.